The highest BCUT2D eigenvalue weighted by molar-refractivity contribution is 5.88. The quantitative estimate of drug-likeness (QED) is 0.206. The van der Waals surface area contributed by atoms with Crippen LogP contribution in [0, 0.1) is 0 Å². The van der Waals surface area contributed by atoms with Crippen molar-refractivity contribution in [3.05, 3.63) is 0 Å². The predicted octanol–water partition coefficient (Wildman–Crippen LogP) is -1.52. The normalized spacial score (nSPS) is 7.74. The first-order valence-corrected chi connectivity index (χ1v) is 3.50. The summed E-state index contributed by atoms with van der Waals surface area (Å²) in [5.74, 6) is 2.98. The number of hydrogen-bond donors (Lipinski definition) is 9. The van der Waals surface area contributed by atoms with Crippen LogP contribution in [0.25, 0.3) is 0 Å². The maximum atomic E-state index is 10.3. The Kier molecular flexibility index (Phi) is 31.2. The van der Waals surface area contributed by atoms with Crippen LogP contribution in [0.4, 0.5) is 0 Å². The number of aliphatic carboxylic acids is 3. The van der Waals surface area contributed by atoms with Crippen LogP contribution in [0.2, 0.25) is 0 Å². The van der Waals surface area contributed by atoms with Gasteiger partial charge in [-0.25, -0.2) is 4.79 Å². The van der Waals surface area contributed by atoms with E-state index in [0.717, 1.165) is 0 Å². The molecule has 120 valence electrons. The lowest BCUT2D eigenvalue weighted by Gasteiger charge is -2.18. The smallest absolute Gasteiger partial charge is 0.336 e. The molecule has 0 unspecified atom stereocenters. The van der Waals surface area contributed by atoms with E-state index in [-0.39, 0.29) is 30.9 Å². The van der Waals surface area contributed by atoms with E-state index in [1.807, 2.05) is 0 Å². The predicted molar refractivity (Wildman–Crippen MR) is 67.8 cm³/mol. The minimum atomic E-state index is -2.74. The van der Waals surface area contributed by atoms with Crippen molar-refractivity contribution in [3.8, 4) is 0 Å². The van der Waals surface area contributed by atoms with Crippen molar-refractivity contribution >= 4 is 30.3 Å². The first-order chi connectivity index (χ1) is 6.78. The first-order valence-electron chi connectivity index (χ1n) is 3.50. The highest BCUT2D eigenvalue weighted by atomic mass is 35.5. The van der Waals surface area contributed by atoms with E-state index in [1.54, 1.807) is 0 Å². The van der Waals surface area contributed by atoms with Gasteiger partial charge in [-0.05, 0) is 0 Å². The van der Waals surface area contributed by atoms with Crippen molar-refractivity contribution in [1.29, 1.82) is 0 Å². The van der Waals surface area contributed by atoms with Crippen LogP contribution in [0.3, 0.4) is 0 Å². The molecule has 19 heavy (non-hydrogen) atoms. The molecular formula is C6H22ClN5O7. The van der Waals surface area contributed by atoms with Crippen molar-refractivity contribution in [2.45, 2.75) is 18.4 Å². The summed E-state index contributed by atoms with van der Waals surface area (Å²) in [5, 5.41) is 33.8. The molecule has 0 aliphatic heterocycles. The number of hydrogen-bond acceptors (Lipinski definition) is 9. The molecule has 0 aromatic rings. The summed E-state index contributed by atoms with van der Waals surface area (Å²) in [6.07, 6.45) is -2.29. The molecular weight excluding hydrogens is 290 g/mol. The SMILES string of the molecule is Cl.N.N.N.NN.O=C(O)CC(O)(CC(=O)O)C(=O)O. The Labute approximate surface area is 114 Å². The molecule has 0 saturated heterocycles. The number of carbonyl (C=O) groups is 3. The zero-order chi connectivity index (χ0) is 12.6. The van der Waals surface area contributed by atoms with E-state index in [9.17, 15) is 14.4 Å². The van der Waals surface area contributed by atoms with Gasteiger partial charge in [0.2, 0.25) is 0 Å². The maximum absolute atomic E-state index is 10.3. The van der Waals surface area contributed by atoms with E-state index in [2.05, 4.69) is 11.7 Å². The van der Waals surface area contributed by atoms with Gasteiger partial charge in [0.05, 0.1) is 12.8 Å². The molecule has 0 fully saturated rings. The van der Waals surface area contributed by atoms with Crippen LogP contribution in [0.5, 0.6) is 0 Å². The van der Waals surface area contributed by atoms with Gasteiger partial charge in [-0.2, -0.15) is 0 Å². The third-order valence-corrected chi connectivity index (χ3v) is 1.29. The van der Waals surface area contributed by atoms with Gasteiger partial charge in [-0.3, -0.25) is 21.3 Å². The van der Waals surface area contributed by atoms with Crippen molar-refractivity contribution in [2.75, 3.05) is 0 Å². The lowest BCUT2D eigenvalue weighted by Crippen LogP contribution is -2.42. The Morgan fingerprint density at radius 3 is 1.16 bits per heavy atom. The molecule has 0 aliphatic rings. The fourth-order valence-electron chi connectivity index (χ4n) is 0.714. The van der Waals surface area contributed by atoms with Crippen molar-refractivity contribution in [2.24, 2.45) is 11.7 Å². The summed E-state index contributed by atoms with van der Waals surface area (Å²) in [7, 11) is 0. The Bertz CT molecular complexity index is 248. The molecule has 0 bridgehead atoms. The summed E-state index contributed by atoms with van der Waals surface area (Å²) >= 11 is 0. The standard InChI is InChI=1S/C6H8O7.ClH.H4N2.3H3N/c7-3(8)1-6(13,5(11)12)2-4(9)10;;1-2;;;/h13H,1-2H2,(H,7,8)(H,9,10)(H,11,12);1H;1-2H2;3*1H3. The largest absolute Gasteiger partial charge is 0.481 e. The molecule has 17 N–H and O–H groups in total. The molecule has 0 aromatic heterocycles. The number of carboxylic acid groups (broad SMARTS) is 3. The maximum Gasteiger partial charge on any atom is 0.336 e. The fraction of sp³-hybridized carbons (Fsp3) is 0.500. The fourth-order valence-corrected chi connectivity index (χ4v) is 0.714. The molecule has 0 heterocycles. The molecule has 12 nitrogen and oxygen atoms in total. The summed E-state index contributed by atoms with van der Waals surface area (Å²) in [6.45, 7) is 0. The Morgan fingerprint density at radius 1 is 0.842 bits per heavy atom. The van der Waals surface area contributed by atoms with Gasteiger partial charge in [0, 0.05) is 0 Å². The van der Waals surface area contributed by atoms with Gasteiger partial charge in [0.25, 0.3) is 0 Å². The minimum Gasteiger partial charge on any atom is -0.481 e. The topological polar surface area (TPSA) is 289 Å². The highest BCUT2D eigenvalue weighted by Crippen LogP contribution is 2.15. The summed E-state index contributed by atoms with van der Waals surface area (Å²) in [5.41, 5.74) is -2.74. The lowest BCUT2D eigenvalue weighted by atomic mass is 9.96. The zero-order valence-corrected chi connectivity index (χ0v) is 10.9. The number of nitrogens with two attached hydrogens (primary N) is 2. The summed E-state index contributed by atoms with van der Waals surface area (Å²) in [6, 6.07) is 0. The third kappa shape index (κ3) is 16.5. The average molecular weight is 312 g/mol. The number of aliphatic hydroxyl groups is 1. The van der Waals surface area contributed by atoms with Crippen LogP contribution in [0.1, 0.15) is 12.8 Å². The van der Waals surface area contributed by atoms with Gasteiger partial charge >= 0.3 is 17.9 Å². The van der Waals surface area contributed by atoms with Gasteiger partial charge in [-0.15, -0.1) is 12.4 Å². The minimum absolute atomic E-state index is 0. The van der Waals surface area contributed by atoms with E-state index in [0.29, 0.717) is 0 Å². The van der Waals surface area contributed by atoms with Crippen molar-refractivity contribution in [3.63, 3.8) is 0 Å². The van der Waals surface area contributed by atoms with Crippen LogP contribution in [-0.4, -0.2) is 43.9 Å². The van der Waals surface area contributed by atoms with E-state index >= 15 is 0 Å². The second-order valence-corrected chi connectivity index (χ2v) is 2.48. The number of rotatable bonds is 5. The van der Waals surface area contributed by atoms with Crippen LogP contribution < -0.4 is 30.1 Å². The molecule has 0 radical (unpaired) electrons. The molecule has 0 spiro atoms. The number of halogens is 1. The van der Waals surface area contributed by atoms with Gasteiger partial charge in [0.15, 0.2) is 5.60 Å². The van der Waals surface area contributed by atoms with E-state index in [1.165, 1.54) is 0 Å². The Hall–Kier alpha value is -1.54. The Balaban J connectivity index is -0.0000000669. The van der Waals surface area contributed by atoms with E-state index < -0.39 is 36.4 Å². The number of hydrazine groups is 1. The summed E-state index contributed by atoms with van der Waals surface area (Å²) < 4.78 is 0. The van der Waals surface area contributed by atoms with E-state index in [4.69, 9.17) is 20.4 Å². The molecule has 0 aliphatic carbocycles. The van der Waals surface area contributed by atoms with Gasteiger partial charge in [0.1, 0.15) is 0 Å². The molecule has 0 amide bonds. The highest BCUT2D eigenvalue weighted by Gasteiger charge is 2.40. The molecule has 0 aromatic carbocycles. The van der Waals surface area contributed by atoms with Crippen LogP contribution in [-0.2, 0) is 14.4 Å². The molecule has 0 rings (SSSR count). The summed E-state index contributed by atoms with van der Waals surface area (Å²) in [4.78, 5) is 30.5. The molecule has 13 heteroatoms. The second-order valence-electron chi connectivity index (χ2n) is 2.48. The monoisotopic (exact) mass is 311 g/mol. The van der Waals surface area contributed by atoms with Crippen LogP contribution >= 0.6 is 12.4 Å². The first kappa shape index (κ1) is 36.0. The second kappa shape index (κ2) is 16.5. The average Bonchev–Trinajstić information content (AvgIpc) is 2.04. The van der Waals surface area contributed by atoms with Gasteiger partial charge in [-0.1, -0.05) is 0 Å². The Morgan fingerprint density at radius 2 is 1.05 bits per heavy atom. The molecule has 0 saturated carbocycles. The van der Waals surface area contributed by atoms with Crippen molar-refractivity contribution in [1.82, 2.24) is 18.5 Å². The number of carboxylic acids is 3. The van der Waals surface area contributed by atoms with Gasteiger partial charge < -0.3 is 38.9 Å². The zero-order valence-electron chi connectivity index (χ0n) is 10.1. The lowest BCUT2D eigenvalue weighted by molar-refractivity contribution is -0.170. The third-order valence-electron chi connectivity index (χ3n) is 1.29. The molecule has 0 atom stereocenters. The van der Waals surface area contributed by atoms with Crippen LogP contribution in [0.15, 0.2) is 0 Å². The van der Waals surface area contributed by atoms with Crippen molar-refractivity contribution < 1.29 is 34.8 Å².